The summed E-state index contributed by atoms with van der Waals surface area (Å²) in [4.78, 5) is 13.0. The molecule has 0 aliphatic carbocycles. The zero-order chi connectivity index (χ0) is 10.3. The van der Waals surface area contributed by atoms with Crippen LogP contribution in [0.25, 0.3) is 0 Å². The number of ether oxygens (including phenoxy) is 1. The molecule has 0 aliphatic rings. The van der Waals surface area contributed by atoms with E-state index in [-0.39, 0.29) is 11.9 Å². The molecule has 1 unspecified atom stereocenters. The summed E-state index contributed by atoms with van der Waals surface area (Å²) in [5, 5.41) is 0. The molecule has 0 rings (SSSR count). The third-order valence-corrected chi connectivity index (χ3v) is 1.65. The van der Waals surface area contributed by atoms with Crippen molar-refractivity contribution in [2.45, 2.75) is 26.3 Å². The summed E-state index contributed by atoms with van der Waals surface area (Å²) in [5.41, 5.74) is 5.56. The van der Waals surface area contributed by atoms with Gasteiger partial charge in [0.15, 0.2) is 0 Å². The molecule has 4 nitrogen and oxygen atoms in total. The number of rotatable bonds is 6. The van der Waals surface area contributed by atoms with Crippen LogP contribution in [0.4, 0.5) is 0 Å². The summed E-state index contributed by atoms with van der Waals surface area (Å²) in [6.07, 6.45) is 0.442. The highest BCUT2D eigenvalue weighted by molar-refractivity contribution is 5.75. The Balaban J connectivity index is 3.57. The Morgan fingerprint density at radius 1 is 1.62 bits per heavy atom. The molecule has 2 N–H and O–H groups in total. The van der Waals surface area contributed by atoms with E-state index < -0.39 is 0 Å². The topological polar surface area (TPSA) is 55.6 Å². The maximum Gasteiger partial charge on any atom is 0.224 e. The summed E-state index contributed by atoms with van der Waals surface area (Å²) in [6, 6.07) is 0.0287. The summed E-state index contributed by atoms with van der Waals surface area (Å²) >= 11 is 0. The highest BCUT2D eigenvalue weighted by Gasteiger charge is 2.09. The van der Waals surface area contributed by atoms with Gasteiger partial charge in [0.25, 0.3) is 0 Å². The van der Waals surface area contributed by atoms with Crippen molar-refractivity contribution < 1.29 is 9.53 Å². The molecule has 0 aliphatic heterocycles. The van der Waals surface area contributed by atoms with E-state index in [1.54, 1.807) is 11.9 Å². The fraction of sp³-hybridized carbons (Fsp3) is 0.889. The average molecular weight is 188 g/mol. The lowest BCUT2D eigenvalue weighted by atomic mass is 10.3. The quantitative estimate of drug-likeness (QED) is 0.607. The first kappa shape index (κ1) is 12.4. The highest BCUT2D eigenvalue weighted by atomic mass is 16.5. The van der Waals surface area contributed by atoms with Crippen LogP contribution >= 0.6 is 0 Å². The number of carbonyl (C=O) groups excluding carboxylic acids is 1. The fourth-order valence-corrected chi connectivity index (χ4v) is 1.03. The maximum atomic E-state index is 11.3. The van der Waals surface area contributed by atoms with Gasteiger partial charge in [0.2, 0.25) is 5.91 Å². The number of likely N-dealkylation sites (N-methyl/N-ethyl adjacent to an activating group) is 1. The second-order valence-corrected chi connectivity index (χ2v) is 3.20. The van der Waals surface area contributed by atoms with Gasteiger partial charge in [-0.3, -0.25) is 4.79 Å². The van der Waals surface area contributed by atoms with Gasteiger partial charge in [-0.15, -0.1) is 0 Å². The normalized spacial score (nSPS) is 12.6. The summed E-state index contributed by atoms with van der Waals surface area (Å²) < 4.78 is 5.08. The van der Waals surface area contributed by atoms with Gasteiger partial charge < -0.3 is 15.4 Å². The summed E-state index contributed by atoms with van der Waals surface area (Å²) in [5.74, 6) is 0.0887. The molecule has 4 heteroatoms. The van der Waals surface area contributed by atoms with Gasteiger partial charge in [-0.05, 0) is 13.8 Å². The molecular weight excluding hydrogens is 168 g/mol. The Labute approximate surface area is 80.0 Å². The number of nitrogens with zero attached hydrogens (tertiary/aromatic N) is 1. The molecule has 1 atom stereocenters. The number of amides is 1. The molecule has 0 bridgehead atoms. The van der Waals surface area contributed by atoms with Gasteiger partial charge in [-0.25, -0.2) is 0 Å². The first-order chi connectivity index (χ1) is 6.07. The second-order valence-electron chi connectivity index (χ2n) is 3.20. The van der Waals surface area contributed by atoms with Crippen molar-refractivity contribution in [1.82, 2.24) is 4.90 Å². The van der Waals surface area contributed by atoms with Crippen LogP contribution in [0, 0.1) is 0 Å². The zero-order valence-corrected chi connectivity index (χ0v) is 8.75. The van der Waals surface area contributed by atoms with Gasteiger partial charge in [0, 0.05) is 26.2 Å². The molecule has 13 heavy (non-hydrogen) atoms. The van der Waals surface area contributed by atoms with Crippen molar-refractivity contribution in [2.75, 3.05) is 26.8 Å². The van der Waals surface area contributed by atoms with Crippen molar-refractivity contribution in [3.05, 3.63) is 0 Å². The van der Waals surface area contributed by atoms with Crippen molar-refractivity contribution in [2.24, 2.45) is 5.73 Å². The highest BCUT2D eigenvalue weighted by Crippen LogP contribution is 1.93. The lowest BCUT2D eigenvalue weighted by Gasteiger charge is -2.19. The van der Waals surface area contributed by atoms with E-state index in [4.69, 9.17) is 10.5 Å². The fourth-order valence-electron chi connectivity index (χ4n) is 1.03. The predicted molar refractivity (Wildman–Crippen MR) is 52.4 cm³/mol. The van der Waals surface area contributed by atoms with E-state index in [1.165, 1.54) is 0 Å². The lowest BCUT2D eigenvalue weighted by Crippen LogP contribution is -2.37. The molecule has 0 spiro atoms. The Hall–Kier alpha value is -0.610. The predicted octanol–water partition coefficient (Wildman–Crippen LogP) is 0.219. The molecule has 0 saturated carbocycles. The van der Waals surface area contributed by atoms with E-state index in [0.29, 0.717) is 26.2 Å². The lowest BCUT2D eigenvalue weighted by molar-refractivity contribution is -0.131. The third-order valence-electron chi connectivity index (χ3n) is 1.65. The number of nitrogens with two attached hydrogens (primary N) is 1. The number of hydrogen-bond acceptors (Lipinski definition) is 3. The summed E-state index contributed by atoms with van der Waals surface area (Å²) in [7, 11) is 1.76. The van der Waals surface area contributed by atoms with Crippen LogP contribution < -0.4 is 5.73 Å². The Bertz CT molecular complexity index is 149. The van der Waals surface area contributed by atoms with Crippen LogP contribution in [-0.2, 0) is 9.53 Å². The zero-order valence-electron chi connectivity index (χ0n) is 8.75. The van der Waals surface area contributed by atoms with E-state index in [2.05, 4.69) is 0 Å². The van der Waals surface area contributed by atoms with Crippen LogP contribution in [0.3, 0.4) is 0 Å². The van der Waals surface area contributed by atoms with E-state index in [9.17, 15) is 4.79 Å². The molecule has 0 aromatic heterocycles. The number of carbonyl (C=O) groups is 1. The minimum Gasteiger partial charge on any atom is -0.381 e. The molecule has 0 fully saturated rings. The van der Waals surface area contributed by atoms with Crippen LogP contribution in [0.15, 0.2) is 0 Å². The largest absolute Gasteiger partial charge is 0.381 e. The first-order valence-electron chi connectivity index (χ1n) is 4.65. The van der Waals surface area contributed by atoms with E-state index in [0.717, 1.165) is 0 Å². The molecule has 0 heterocycles. The van der Waals surface area contributed by atoms with Crippen molar-refractivity contribution in [1.29, 1.82) is 0 Å². The molecule has 0 aromatic rings. The van der Waals surface area contributed by atoms with Gasteiger partial charge in [-0.1, -0.05) is 0 Å². The van der Waals surface area contributed by atoms with Crippen molar-refractivity contribution >= 4 is 5.91 Å². The molecule has 0 saturated heterocycles. The SMILES string of the molecule is CCOCCC(=O)N(C)CC(C)N. The molecular formula is C9H20N2O2. The van der Waals surface area contributed by atoms with Gasteiger partial charge in [-0.2, -0.15) is 0 Å². The Morgan fingerprint density at radius 3 is 2.69 bits per heavy atom. The minimum atomic E-state index is 0.0287. The smallest absolute Gasteiger partial charge is 0.224 e. The van der Waals surface area contributed by atoms with Crippen LogP contribution in [0.1, 0.15) is 20.3 Å². The maximum absolute atomic E-state index is 11.3. The van der Waals surface area contributed by atoms with Gasteiger partial charge >= 0.3 is 0 Å². The van der Waals surface area contributed by atoms with E-state index in [1.807, 2.05) is 13.8 Å². The molecule has 0 radical (unpaired) electrons. The van der Waals surface area contributed by atoms with Crippen LogP contribution in [0.2, 0.25) is 0 Å². The minimum absolute atomic E-state index is 0.0287. The van der Waals surface area contributed by atoms with E-state index >= 15 is 0 Å². The average Bonchev–Trinajstić information content (AvgIpc) is 2.03. The molecule has 78 valence electrons. The Kier molecular flexibility index (Phi) is 6.54. The van der Waals surface area contributed by atoms with Gasteiger partial charge in [0.1, 0.15) is 0 Å². The second kappa shape index (κ2) is 6.86. The third kappa shape index (κ3) is 6.54. The van der Waals surface area contributed by atoms with Crippen molar-refractivity contribution in [3.8, 4) is 0 Å². The summed E-state index contributed by atoms with van der Waals surface area (Å²) in [6.45, 7) is 5.55. The molecule has 0 aromatic carbocycles. The van der Waals surface area contributed by atoms with Gasteiger partial charge in [0.05, 0.1) is 13.0 Å². The van der Waals surface area contributed by atoms with Crippen LogP contribution in [0.5, 0.6) is 0 Å². The van der Waals surface area contributed by atoms with Crippen LogP contribution in [-0.4, -0.2) is 43.7 Å². The standard InChI is InChI=1S/C9H20N2O2/c1-4-13-6-5-9(12)11(3)7-8(2)10/h8H,4-7,10H2,1-3H3. The monoisotopic (exact) mass is 188 g/mol. The Morgan fingerprint density at radius 2 is 2.23 bits per heavy atom. The first-order valence-corrected chi connectivity index (χ1v) is 4.65. The molecule has 1 amide bonds. The van der Waals surface area contributed by atoms with Crippen molar-refractivity contribution in [3.63, 3.8) is 0 Å². The number of hydrogen-bond donors (Lipinski definition) is 1.